The molecule has 1 aromatic carbocycles. The van der Waals surface area contributed by atoms with E-state index in [1.54, 1.807) is 0 Å². The lowest BCUT2D eigenvalue weighted by Gasteiger charge is -2.37. The highest BCUT2D eigenvalue weighted by Gasteiger charge is 2.40. The molecule has 1 heterocycles. The number of Topliss-reactive ketones (excluding diaryl/α,β-unsaturated/α-hetero) is 1. The minimum Gasteiger partial charge on any atom is -0.445 e. The lowest BCUT2D eigenvalue weighted by molar-refractivity contribution is -0.142. The smallest absolute Gasteiger partial charge is 0.407 e. The van der Waals surface area contributed by atoms with E-state index >= 15 is 0 Å². The van der Waals surface area contributed by atoms with Gasteiger partial charge in [0.15, 0.2) is 0 Å². The molecule has 21 heavy (non-hydrogen) atoms. The molecule has 1 aliphatic carbocycles. The summed E-state index contributed by atoms with van der Waals surface area (Å²) in [7, 11) is 0. The third kappa shape index (κ3) is 3.42. The molecule has 2 unspecified atom stereocenters. The molecule has 3 rings (SSSR count). The fraction of sp³-hybridized carbons (Fsp3) is 0.500. The van der Waals surface area contributed by atoms with E-state index < -0.39 is 6.09 Å². The highest BCUT2D eigenvalue weighted by atomic mass is 16.5. The Hall–Kier alpha value is -1.88. The summed E-state index contributed by atoms with van der Waals surface area (Å²) in [5, 5.41) is 2.87. The van der Waals surface area contributed by atoms with Crippen LogP contribution < -0.4 is 5.32 Å². The van der Waals surface area contributed by atoms with Gasteiger partial charge in [-0.05, 0) is 18.4 Å². The van der Waals surface area contributed by atoms with Crippen LogP contribution in [0.2, 0.25) is 0 Å². The molecule has 1 aromatic rings. The molecule has 2 fully saturated rings. The van der Waals surface area contributed by atoms with Crippen molar-refractivity contribution in [3.8, 4) is 0 Å². The number of hydrogen-bond donors (Lipinski definition) is 1. The molecule has 1 saturated carbocycles. The molecule has 0 aromatic heterocycles. The first-order chi connectivity index (χ1) is 10.2. The third-order valence-electron chi connectivity index (χ3n) is 4.12. The summed E-state index contributed by atoms with van der Waals surface area (Å²) >= 11 is 0. The molecule has 1 amide bonds. The van der Waals surface area contributed by atoms with E-state index in [4.69, 9.17) is 9.47 Å². The maximum absolute atomic E-state index is 11.9. The van der Waals surface area contributed by atoms with Gasteiger partial charge >= 0.3 is 6.09 Å². The Kier molecular flexibility index (Phi) is 4.20. The molecule has 2 bridgehead atoms. The second-order valence-corrected chi connectivity index (χ2v) is 5.71. The second kappa shape index (κ2) is 6.26. The van der Waals surface area contributed by atoms with E-state index in [0.717, 1.165) is 5.56 Å². The van der Waals surface area contributed by atoms with Crippen molar-refractivity contribution in [2.75, 3.05) is 13.2 Å². The largest absolute Gasteiger partial charge is 0.445 e. The van der Waals surface area contributed by atoms with Crippen LogP contribution in [0, 0.1) is 11.8 Å². The topological polar surface area (TPSA) is 64.6 Å². The summed E-state index contributed by atoms with van der Waals surface area (Å²) in [5.74, 6) is 0.144. The van der Waals surface area contributed by atoms with E-state index in [9.17, 15) is 9.59 Å². The normalized spacial score (nSPS) is 28.0. The van der Waals surface area contributed by atoms with Crippen molar-refractivity contribution in [3.05, 3.63) is 35.9 Å². The molecular weight excluding hydrogens is 270 g/mol. The zero-order chi connectivity index (χ0) is 14.7. The van der Waals surface area contributed by atoms with E-state index in [1.165, 1.54) is 0 Å². The number of fused-ring (bicyclic) bond motifs is 2. The molecule has 112 valence electrons. The summed E-state index contributed by atoms with van der Waals surface area (Å²) in [5.41, 5.74) is 0.955. The van der Waals surface area contributed by atoms with Crippen LogP contribution in [0.25, 0.3) is 0 Å². The molecule has 0 radical (unpaired) electrons. The number of alkyl carbamates (subject to hydrolysis) is 1. The van der Waals surface area contributed by atoms with Gasteiger partial charge in [0, 0.05) is 17.9 Å². The Morgan fingerprint density at radius 3 is 2.52 bits per heavy atom. The summed E-state index contributed by atoms with van der Waals surface area (Å²) in [6, 6.07) is 9.56. The first-order valence-electron chi connectivity index (χ1n) is 7.31. The molecule has 1 N–H and O–H groups in total. The van der Waals surface area contributed by atoms with Crippen LogP contribution in [-0.2, 0) is 20.9 Å². The van der Waals surface area contributed by atoms with Gasteiger partial charge in [0.05, 0.1) is 13.2 Å². The maximum Gasteiger partial charge on any atom is 0.407 e. The van der Waals surface area contributed by atoms with E-state index in [1.807, 2.05) is 30.3 Å². The summed E-state index contributed by atoms with van der Waals surface area (Å²) in [6.07, 6.45) is 0.878. The SMILES string of the molecule is O=C(NC1CC2COCC(C1)C2=O)OCc1ccccc1. The van der Waals surface area contributed by atoms with Gasteiger partial charge in [-0.15, -0.1) is 0 Å². The van der Waals surface area contributed by atoms with Gasteiger partial charge in [-0.2, -0.15) is 0 Å². The van der Waals surface area contributed by atoms with Crippen molar-refractivity contribution in [2.24, 2.45) is 11.8 Å². The third-order valence-corrected chi connectivity index (χ3v) is 4.12. The van der Waals surface area contributed by atoms with Gasteiger partial charge in [-0.1, -0.05) is 30.3 Å². The van der Waals surface area contributed by atoms with Gasteiger partial charge in [0.2, 0.25) is 0 Å². The fourth-order valence-corrected chi connectivity index (χ4v) is 3.05. The molecule has 5 nitrogen and oxygen atoms in total. The number of ether oxygens (including phenoxy) is 2. The van der Waals surface area contributed by atoms with Crippen molar-refractivity contribution in [1.29, 1.82) is 0 Å². The van der Waals surface area contributed by atoms with Crippen LogP contribution in [-0.4, -0.2) is 31.1 Å². The van der Waals surface area contributed by atoms with Crippen LogP contribution >= 0.6 is 0 Å². The van der Waals surface area contributed by atoms with Gasteiger partial charge in [0.1, 0.15) is 12.4 Å². The average Bonchev–Trinajstić information content (AvgIpc) is 2.47. The lowest BCUT2D eigenvalue weighted by Crippen LogP contribution is -2.50. The number of carbonyl (C=O) groups excluding carboxylic acids is 2. The molecular formula is C16H19NO4. The standard InChI is InChI=1S/C16H19NO4/c18-15-12-6-14(7-13(15)10-20-9-12)17-16(19)21-8-11-4-2-1-3-5-11/h1-5,12-14H,6-10H2,(H,17,19). The predicted octanol–water partition coefficient (Wildman–Crippen LogP) is 1.91. The Morgan fingerprint density at radius 1 is 1.19 bits per heavy atom. The summed E-state index contributed by atoms with van der Waals surface area (Å²) in [6.45, 7) is 1.22. The minimum atomic E-state index is -0.419. The number of amides is 1. The molecule has 5 heteroatoms. The summed E-state index contributed by atoms with van der Waals surface area (Å²) < 4.78 is 10.6. The van der Waals surface area contributed by atoms with Crippen LogP contribution in [0.3, 0.4) is 0 Å². The molecule has 1 saturated heterocycles. The van der Waals surface area contributed by atoms with E-state index in [2.05, 4.69) is 5.32 Å². The predicted molar refractivity (Wildman–Crippen MR) is 75.6 cm³/mol. The zero-order valence-corrected chi connectivity index (χ0v) is 11.8. The highest BCUT2D eigenvalue weighted by Crippen LogP contribution is 2.30. The quantitative estimate of drug-likeness (QED) is 0.923. The minimum absolute atomic E-state index is 0.00451. The van der Waals surface area contributed by atoms with Crippen LogP contribution in [0.4, 0.5) is 4.79 Å². The Bertz CT molecular complexity index is 500. The number of hydrogen-bond acceptors (Lipinski definition) is 4. The van der Waals surface area contributed by atoms with E-state index in [-0.39, 0.29) is 30.3 Å². The van der Waals surface area contributed by atoms with Crippen molar-refractivity contribution >= 4 is 11.9 Å². The van der Waals surface area contributed by atoms with Crippen molar-refractivity contribution in [3.63, 3.8) is 0 Å². The molecule has 2 atom stereocenters. The number of ketones is 1. The molecule has 0 spiro atoms. The fourth-order valence-electron chi connectivity index (χ4n) is 3.05. The highest BCUT2D eigenvalue weighted by molar-refractivity contribution is 5.85. The first kappa shape index (κ1) is 14.1. The van der Waals surface area contributed by atoms with Crippen LogP contribution in [0.1, 0.15) is 18.4 Å². The average molecular weight is 289 g/mol. The first-order valence-corrected chi connectivity index (χ1v) is 7.31. The zero-order valence-electron chi connectivity index (χ0n) is 11.8. The van der Waals surface area contributed by atoms with Gasteiger partial charge in [0.25, 0.3) is 0 Å². The van der Waals surface area contributed by atoms with Crippen molar-refractivity contribution < 1.29 is 19.1 Å². The lowest BCUT2D eigenvalue weighted by atomic mass is 9.76. The second-order valence-electron chi connectivity index (χ2n) is 5.71. The summed E-state index contributed by atoms with van der Waals surface area (Å²) in [4.78, 5) is 23.8. The van der Waals surface area contributed by atoms with Gasteiger partial charge in [-0.3, -0.25) is 4.79 Å². The van der Waals surface area contributed by atoms with Crippen LogP contribution in [0.5, 0.6) is 0 Å². The van der Waals surface area contributed by atoms with Gasteiger partial charge in [-0.25, -0.2) is 4.79 Å². The monoisotopic (exact) mass is 289 g/mol. The maximum atomic E-state index is 11.9. The Balaban J connectivity index is 1.48. The van der Waals surface area contributed by atoms with Crippen LogP contribution in [0.15, 0.2) is 30.3 Å². The number of rotatable bonds is 3. The van der Waals surface area contributed by atoms with Crippen molar-refractivity contribution in [1.82, 2.24) is 5.32 Å². The van der Waals surface area contributed by atoms with Gasteiger partial charge < -0.3 is 14.8 Å². The number of nitrogens with one attached hydrogen (secondary N) is 1. The number of carbonyl (C=O) groups is 2. The molecule has 1 aliphatic heterocycles. The van der Waals surface area contributed by atoms with Crippen molar-refractivity contribution in [2.45, 2.75) is 25.5 Å². The Morgan fingerprint density at radius 2 is 1.86 bits per heavy atom. The molecule has 2 aliphatic rings. The van der Waals surface area contributed by atoms with E-state index in [0.29, 0.717) is 26.1 Å². The Labute approximate surface area is 123 Å². The number of benzene rings is 1.